The summed E-state index contributed by atoms with van der Waals surface area (Å²) in [6, 6.07) is 10.9. The molecule has 1 fully saturated rings. The van der Waals surface area contributed by atoms with E-state index in [0.29, 0.717) is 24.5 Å². The second kappa shape index (κ2) is 6.86. The van der Waals surface area contributed by atoms with Gasteiger partial charge in [0.25, 0.3) is 0 Å². The first-order valence-electron chi connectivity index (χ1n) is 7.87. The molecule has 0 bridgehead atoms. The molecule has 5 nitrogen and oxygen atoms in total. The van der Waals surface area contributed by atoms with Crippen LogP contribution < -0.4 is 0 Å². The van der Waals surface area contributed by atoms with Crippen LogP contribution in [-0.4, -0.2) is 43.8 Å². The Morgan fingerprint density at radius 2 is 1.83 bits per heavy atom. The van der Waals surface area contributed by atoms with E-state index in [1.165, 1.54) is 0 Å². The van der Waals surface area contributed by atoms with Gasteiger partial charge in [0.05, 0.1) is 17.7 Å². The average molecular weight is 334 g/mol. The summed E-state index contributed by atoms with van der Waals surface area (Å²) in [5.41, 5.74) is 1.06. The lowest BCUT2D eigenvalue weighted by atomic mass is 10.2. The molecule has 0 aliphatic carbocycles. The molecule has 0 saturated carbocycles. The van der Waals surface area contributed by atoms with Gasteiger partial charge in [0.2, 0.25) is 10.0 Å². The van der Waals surface area contributed by atoms with Gasteiger partial charge in [0, 0.05) is 19.6 Å². The topological polar surface area (TPSA) is 53.8 Å². The highest BCUT2D eigenvalue weighted by Gasteiger charge is 2.26. The molecule has 3 rings (SSSR count). The van der Waals surface area contributed by atoms with E-state index >= 15 is 0 Å². The van der Waals surface area contributed by atoms with Crippen LogP contribution in [0.3, 0.4) is 0 Å². The fourth-order valence-corrected chi connectivity index (χ4v) is 4.30. The number of sulfonamides is 1. The summed E-state index contributed by atoms with van der Waals surface area (Å²) in [5.74, 6) is 0.917. The van der Waals surface area contributed by atoms with Gasteiger partial charge in [0.1, 0.15) is 5.76 Å². The molecule has 0 atom stereocenters. The molecule has 23 heavy (non-hydrogen) atoms. The van der Waals surface area contributed by atoms with Crippen molar-refractivity contribution in [3.8, 4) is 0 Å². The molecule has 2 aromatic rings. The van der Waals surface area contributed by atoms with Crippen molar-refractivity contribution in [3.05, 3.63) is 54.0 Å². The highest BCUT2D eigenvalue weighted by Crippen LogP contribution is 2.19. The minimum absolute atomic E-state index is 0.377. The number of benzene rings is 1. The Balaban J connectivity index is 1.68. The molecular formula is C17H22N2O3S. The van der Waals surface area contributed by atoms with Crippen LogP contribution in [0.4, 0.5) is 0 Å². The van der Waals surface area contributed by atoms with Crippen molar-refractivity contribution in [1.29, 1.82) is 0 Å². The van der Waals surface area contributed by atoms with Gasteiger partial charge in [-0.05, 0) is 44.2 Å². The van der Waals surface area contributed by atoms with Crippen molar-refractivity contribution in [1.82, 2.24) is 9.21 Å². The first kappa shape index (κ1) is 16.2. The monoisotopic (exact) mass is 334 g/mol. The molecule has 2 heterocycles. The maximum absolute atomic E-state index is 12.8. The predicted molar refractivity (Wildman–Crippen MR) is 88.5 cm³/mol. The third kappa shape index (κ3) is 3.83. The van der Waals surface area contributed by atoms with Gasteiger partial charge in [0.15, 0.2) is 0 Å². The molecule has 0 spiro atoms. The van der Waals surface area contributed by atoms with Gasteiger partial charge >= 0.3 is 0 Å². The van der Waals surface area contributed by atoms with Crippen LogP contribution >= 0.6 is 0 Å². The number of rotatable bonds is 4. The Morgan fingerprint density at radius 1 is 1.04 bits per heavy atom. The van der Waals surface area contributed by atoms with Gasteiger partial charge in [-0.15, -0.1) is 0 Å². The third-order valence-corrected chi connectivity index (χ3v) is 6.08. The zero-order valence-corrected chi connectivity index (χ0v) is 14.1. The summed E-state index contributed by atoms with van der Waals surface area (Å²) < 4.78 is 32.5. The van der Waals surface area contributed by atoms with Gasteiger partial charge in [-0.1, -0.05) is 17.7 Å². The van der Waals surface area contributed by atoms with Crippen molar-refractivity contribution < 1.29 is 12.8 Å². The Kier molecular flexibility index (Phi) is 4.84. The number of nitrogens with zero attached hydrogens (tertiary/aromatic N) is 2. The number of hydrogen-bond donors (Lipinski definition) is 0. The fraction of sp³-hybridized carbons (Fsp3) is 0.412. The van der Waals surface area contributed by atoms with Gasteiger partial charge in [-0.25, -0.2) is 8.42 Å². The molecule has 0 unspecified atom stereocenters. The van der Waals surface area contributed by atoms with E-state index in [4.69, 9.17) is 4.42 Å². The smallest absolute Gasteiger partial charge is 0.243 e. The third-order valence-electron chi connectivity index (χ3n) is 4.17. The van der Waals surface area contributed by atoms with E-state index in [2.05, 4.69) is 4.90 Å². The van der Waals surface area contributed by atoms with Crippen LogP contribution in [-0.2, 0) is 16.6 Å². The quantitative estimate of drug-likeness (QED) is 0.862. The normalized spacial score (nSPS) is 18.0. The lowest BCUT2D eigenvalue weighted by Crippen LogP contribution is -2.35. The Hall–Kier alpha value is -1.63. The summed E-state index contributed by atoms with van der Waals surface area (Å²) >= 11 is 0. The SMILES string of the molecule is Cc1ccc(S(=O)(=O)N2CCCN(Cc3ccco3)CC2)cc1. The second-order valence-corrected chi connectivity index (χ2v) is 7.86. The van der Waals surface area contributed by atoms with Crippen LogP contribution in [0.1, 0.15) is 17.7 Å². The fourth-order valence-electron chi connectivity index (χ4n) is 2.83. The van der Waals surface area contributed by atoms with Crippen molar-refractivity contribution >= 4 is 10.0 Å². The molecule has 1 aliphatic heterocycles. The van der Waals surface area contributed by atoms with Crippen LogP contribution in [0.15, 0.2) is 52.0 Å². The molecule has 0 N–H and O–H groups in total. The minimum Gasteiger partial charge on any atom is -0.468 e. The van der Waals surface area contributed by atoms with E-state index in [1.807, 2.05) is 31.2 Å². The van der Waals surface area contributed by atoms with E-state index in [9.17, 15) is 8.42 Å². The summed E-state index contributed by atoms with van der Waals surface area (Å²) in [4.78, 5) is 2.62. The highest BCUT2D eigenvalue weighted by atomic mass is 32.2. The lowest BCUT2D eigenvalue weighted by molar-refractivity contribution is 0.255. The molecule has 6 heteroatoms. The molecule has 1 aliphatic rings. The summed E-state index contributed by atoms with van der Waals surface area (Å²) in [7, 11) is -3.40. The number of hydrogen-bond acceptors (Lipinski definition) is 4. The van der Waals surface area contributed by atoms with E-state index in [-0.39, 0.29) is 0 Å². The molecule has 0 amide bonds. The maximum Gasteiger partial charge on any atom is 0.243 e. The zero-order chi connectivity index (χ0) is 16.3. The first-order valence-corrected chi connectivity index (χ1v) is 9.31. The second-order valence-electron chi connectivity index (χ2n) is 5.93. The Morgan fingerprint density at radius 3 is 2.52 bits per heavy atom. The van der Waals surface area contributed by atoms with Crippen LogP contribution in [0.2, 0.25) is 0 Å². The van der Waals surface area contributed by atoms with Gasteiger partial charge in [-0.2, -0.15) is 4.31 Å². The Labute approximate surface area is 137 Å². The summed E-state index contributed by atoms with van der Waals surface area (Å²) in [6.07, 6.45) is 2.49. The number of furan rings is 1. The molecule has 0 radical (unpaired) electrons. The van der Waals surface area contributed by atoms with E-state index < -0.39 is 10.0 Å². The van der Waals surface area contributed by atoms with Gasteiger partial charge in [-0.3, -0.25) is 4.90 Å². The molecular weight excluding hydrogens is 312 g/mol. The standard InChI is InChI=1S/C17H22N2O3S/c1-15-5-7-17(8-6-15)23(20,21)19-10-3-9-18(11-12-19)14-16-4-2-13-22-16/h2,4-8,13H,3,9-12,14H2,1H3. The average Bonchev–Trinajstić information content (AvgIpc) is 2.91. The molecule has 1 aromatic carbocycles. The number of aryl methyl sites for hydroxylation is 1. The van der Waals surface area contributed by atoms with Crippen molar-refractivity contribution in [2.75, 3.05) is 26.2 Å². The van der Waals surface area contributed by atoms with Crippen LogP contribution in [0.5, 0.6) is 0 Å². The molecule has 124 valence electrons. The van der Waals surface area contributed by atoms with E-state index in [1.54, 1.807) is 22.7 Å². The first-order chi connectivity index (χ1) is 11.1. The summed E-state index contributed by atoms with van der Waals surface area (Å²) in [6.45, 7) is 5.34. The largest absolute Gasteiger partial charge is 0.468 e. The zero-order valence-electron chi connectivity index (χ0n) is 13.3. The molecule has 1 aromatic heterocycles. The predicted octanol–water partition coefficient (Wildman–Crippen LogP) is 2.48. The van der Waals surface area contributed by atoms with Crippen LogP contribution in [0.25, 0.3) is 0 Å². The van der Waals surface area contributed by atoms with Crippen molar-refractivity contribution in [3.63, 3.8) is 0 Å². The van der Waals surface area contributed by atoms with Crippen LogP contribution in [0, 0.1) is 6.92 Å². The Bertz CT molecular complexity index is 724. The van der Waals surface area contributed by atoms with Gasteiger partial charge < -0.3 is 4.42 Å². The van der Waals surface area contributed by atoms with E-state index in [0.717, 1.165) is 30.8 Å². The van der Waals surface area contributed by atoms with Crippen molar-refractivity contribution in [2.24, 2.45) is 0 Å². The summed E-state index contributed by atoms with van der Waals surface area (Å²) in [5, 5.41) is 0. The maximum atomic E-state index is 12.8. The molecule has 1 saturated heterocycles. The van der Waals surface area contributed by atoms with Crippen molar-refractivity contribution in [2.45, 2.75) is 24.8 Å². The highest BCUT2D eigenvalue weighted by molar-refractivity contribution is 7.89. The lowest BCUT2D eigenvalue weighted by Gasteiger charge is -2.21. The minimum atomic E-state index is -3.40.